The first-order valence-electron chi connectivity index (χ1n) is 12.9. The first-order valence-corrected chi connectivity index (χ1v) is 13.3. The Labute approximate surface area is 233 Å². The molecule has 200 valence electrons. The third kappa shape index (κ3) is 5.86. The molecule has 1 aliphatic carbocycles. The van der Waals surface area contributed by atoms with Crippen molar-refractivity contribution in [1.82, 2.24) is 5.32 Å². The van der Waals surface area contributed by atoms with Gasteiger partial charge in [-0.2, -0.15) is 0 Å². The molecule has 2 aliphatic rings. The van der Waals surface area contributed by atoms with Gasteiger partial charge in [-0.3, -0.25) is 4.79 Å². The van der Waals surface area contributed by atoms with Crippen LogP contribution in [-0.4, -0.2) is 32.1 Å². The summed E-state index contributed by atoms with van der Waals surface area (Å²) in [5.41, 5.74) is 4.44. The molecule has 0 unspecified atom stereocenters. The van der Waals surface area contributed by atoms with Crippen molar-refractivity contribution < 1.29 is 23.8 Å². The lowest BCUT2D eigenvalue weighted by molar-refractivity contribution is -0.140. The minimum absolute atomic E-state index is 0.00901. The Bertz CT molecular complexity index is 1410. The van der Waals surface area contributed by atoms with E-state index in [0.29, 0.717) is 40.5 Å². The fourth-order valence-electron chi connectivity index (χ4n) is 5.30. The summed E-state index contributed by atoms with van der Waals surface area (Å²) in [7, 11) is 1.63. The highest BCUT2D eigenvalue weighted by atomic mass is 35.5. The minimum atomic E-state index is -0.551. The number of benzene rings is 3. The second kappa shape index (κ2) is 11.8. The van der Waals surface area contributed by atoms with Crippen molar-refractivity contribution in [2.24, 2.45) is 0 Å². The lowest BCUT2D eigenvalue weighted by atomic mass is 9.72. The number of rotatable bonds is 8. The van der Waals surface area contributed by atoms with Crippen LogP contribution in [-0.2, 0) is 14.3 Å². The molecular weight excluding hydrogens is 514 g/mol. The number of esters is 1. The molecule has 2 atom stereocenters. The van der Waals surface area contributed by atoms with E-state index in [4.69, 9.17) is 25.8 Å². The van der Waals surface area contributed by atoms with Crippen LogP contribution in [0.25, 0.3) is 0 Å². The maximum atomic E-state index is 13.7. The van der Waals surface area contributed by atoms with Gasteiger partial charge in [-0.1, -0.05) is 54.1 Å². The number of ether oxygens (including phenoxy) is 3. The Morgan fingerprint density at radius 2 is 1.59 bits per heavy atom. The Morgan fingerprint density at radius 1 is 0.897 bits per heavy atom. The summed E-state index contributed by atoms with van der Waals surface area (Å²) in [5, 5.41) is 3.97. The smallest absolute Gasteiger partial charge is 0.336 e. The number of carbonyl (C=O) groups excluding carboxylic acids is 2. The van der Waals surface area contributed by atoms with Gasteiger partial charge in [-0.05, 0) is 66.8 Å². The van der Waals surface area contributed by atoms with Crippen LogP contribution >= 0.6 is 11.6 Å². The van der Waals surface area contributed by atoms with Crippen molar-refractivity contribution in [3.8, 4) is 11.5 Å². The second-order valence-corrected chi connectivity index (χ2v) is 10.1. The third-order valence-corrected chi connectivity index (χ3v) is 7.42. The van der Waals surface area contributed by atoms with Crippen LogP contribution in [0.1, 0.15) is 42.7 Å². The molecule has 1 heterocycles. The van der Waals surface area contributed by atoms with E-state index >= 15 is 0 Å². The van der Waals surface area contributed by atoms with Crippen LogP contribution < -0.4 is 14.8 Å². The van der Waals surface area contributed by atoms with Crippen molar-refractivity contribution in [3.05, 3.63) is 118 Å². The number of hydrogen-bond acceptors (Lipinski definition) is 6. The van der Waals surface area contributed by atoms with Crippen molar-refractivity contribution in [3.63, 3.8) is 0 Å². The molecule has 0 saturated heterocycles. The Kier molecular flexibility index (Phi) is 8.03. The highest BCUT2D eigenvalue weighted by Gasteiger charge is 2.41. The first-order chi connectivity index (χ1) is 18.9. The van der Waals surface area contributed by atoms with Crippen LogP contribution in [0.2, 0.25) is 5.02 Å². The van der Waals surface area contributed by atoms with Gasteiger partial charge in [0.2, 0.25) is 0 Å². The summed E-state index contributed by atoms with van der Waals surface area (Å²) in [6, 6.07) is 24.5. The van der Waals surface area contributed by atoms with Gasteiger partial charge in [0.05, 0.1) is 12.7 Å². The summed E-state index contributed by atoms with van der Waals surface area (Å²) in [4.78, 5) is 27.2. The van der Waals surface area contributed by atoms with Crippen LogP contribution in [0.5, 0.6) is 11.5 Å². The lowest BCUT2D eigenvalue weighted by Gasteiger charge is -2.36. The fraction of sp³-hybridized carbons (Fsp3) is 0.250. The zero-order chi connectivity index (χ0) is 27.4. The summed E-state index contributed by atoms with van der Waals surface area (Å²) in [6.45, 7) is 2.15. The van der Waals surface area contributed by atoms with E-state index < -0.39 is 11.9 Å². The number of hydrogen-bond donors (Lipinski definition) is 1. The number of Topliss-reactive ketones (excluding diaryl/α,β-unsaturated/α-hetero) is 1. The molecule has 0 spiro atoms. The molecule has 39 heavy (non-hydrogen) atoms. The summed E-state index contributed by atoms with van der Waals surface area (Å²) < 4.78 is 16.6. The first kappa shape index (κ1) is 26.6. The van der Waals surface area contributed by atoms with E-state index in [0.717, 1.165) is 22.6 Å². The molecule has 0 saturated carbocycles. The zero-order valence-electron chi connectivity index (χ0n) is 21.9. The molecule has 1 aliphatic heterocycles. The number of dihydropyridines is 1. The average Bonchev–Trinajstić information content (AvgIpc) is 2.95. The molecule has 0 aromatic heterocycles. The predicted molar refractivity (Wildman–Crippen MR) is 150 cm³/mol. The normalized spacial score (nSPS) is 18.8. The topological polar surface area (TPSA) is 73.9 Å². The van der Waals surface area contributed by atoms with Gasteiger partial charge in [0, 0.05) is 34.3 Å². The number of nitrogens with one attached hydrogen (secondary N) is 1. The van der Waals surface area contributed by atoms with Gasteiger partial charge in [-0.15, -0.1) is 0 Å². The van der Waals surface area contributed by atoms with Gasteiger partial charge in [0.15, 0.2) is 5.78 Å². The molecule has 3 aromatic carbocycles. The number of halogens is 1. The predicted octanol–water partition coefficient (Wildman–Crippen LogP) is 6.33. The van der Waals surface area contributed by atoms with E-state index in [1.54, 1.807) is 19.2 Å². The van der Waals surface area contributed by atoms with Crippen LogP contribution in [0, 0.1) is 0 Å². The highest BCUT2D eigenvalue weighted by Crippen LogP contribution is 2.46. The molecule has 0 fully saturated rings. The monoisotopic (exact) mass is 543 g/mol. The number of para-hydroxylation sites is 1. The number of carbonyl (C=O) groups is 2. The quantitative estimate of drug-likeness (QED) is 0.264. The summed E-state index contributed by atoms with van der Waals surface area (Å²) in [6.07, 6.45) is 1.01. The van der Waals surface area contributed by atoms with E-state index in [2.05, 4.69) is 5.32 Å². The van der Waals surface area contributed by atoms with Crippen molar-refractivity contribution >= 4 is 23.4 Å². The van der Waals surface area contributed by atoms with Gasteiger partial charge < -0.3 is 19.5 Å². The average molecular weight is 544 g/mol. The standard InChI is InChI=1S/C32H30ClNO5/c1-20-29(32(36)39-17-16-38-26-6-4-3-5-7-26)30(22-8-12-24(33)13-9-22)31-27(34-20)18-23(19-28(31)35)21-10-14-25(37-2)15-11-21/h3-15,23,30,34H,16-19H2,1-2H3/t23-,30-/m0/s1. The van der Waals surface area contributed by atoms with Crippen molar-refractivity contribution in [1.29, 1.82) is 0 Å². The molecule has 0 radical (unpaired) electrons. The molecule has 0 amide bonds. The van der Waals surface area contributed by atoms with E-state index in [1.165, 1.54) is 0 Å². The SMILES string of the molecule is COc1ccc([C@@H]2CC(=O)C3=C(C2)NC(C)=C(C(=O)OCCOc2ccccc2)[C@@H]3c2ccc(Cl)cc2)cc1. The highest BCUT2D eigenvalue weighted by molar-refractivity contribution is 6.30. The molecule has 0 bridgehead atoms. The summed E-state index contributed by atoms with van der Waals surface area (Å²) >= 11 is 6.17. The molecule has 7 heteroatoms. The maximum Gasteiger partial charge on any atom is 0.336 e. The second-order valence-electron chi connectivity index (χ2n) is 9.64. The Morgan fingerprint density at radius 3 is 2.28 bits per heavy atom. The number of methoxy groups -OCH3 is 1. The van der Waals surface area contributed by atoms with Gasteiger partial charge in [-0.25, -0.2) is 4.79 Å². The van der Waals surface area contributed by atoms with Crippen molar-refractivity contribution in [2.75, 3.05) is 20.3 Å². The molecule has 3 aromatic rings. The summed E-state index contributed by atoms with van der Waals surface area (Å²) in [5.74, 6) is 0.483. The zero-order valence-corrected chi connectivity index (χ0v) is 22.7. The Balaban J connectivity index is 1.40. The van der Waals surface area contributed by atoms with Crippen molar-refractivity contribution in [2.45, 2.75) is 31.6 Å². The van der Waals surface area contributed by atoms with E-state index in [9.17, 15) is 9.59 Å². The molecule has 5 rings (SSSR count). The molecular formula is C32H30ClNO5. The van der Waals surface area contributed by atoms with Gasteiger partial charge >= 0.3 is 5.97 Å². The van der Waals surface area contributed by atoms with Gasteiger partial charge in [0.1, 0.15) is 24.7 Å². The fourth-order valence-corrected chi connectivity index (χ4v) is 5.42. The molecule has 1 N–H and O–H groups in total. The Hall–Kier alpha value is -4.03. The van der Waals surface area contributed by atoms with Crippen LogP contribution in [0.15, 0.2) is 101 Å². The third-order valence-electron chi connectivity index (χ3n) is 7.17. The number of ketones is 1. The van der Waals surface area contributed by atoms with Gasteiger partial charge in [0.25, 0.3) is 0 Å². The van der Waals surface area contributed by atoms with Crippen LogP contribution in [0.3, 0.4) is 0 Å². The van der Waals surface area contributed by atoms with E-state index in [1.807, 2.05) is 73.7 Å². The lowest BCUT2D eigenvalue weighted by Crippen LogP contribution is -2.36. The minimum Gasteiger partial charge on any atom is -0.497 e. The van der Waals surface area contributed by atoms with Crippen LogP contribution in [0.4, 0.5) is 0 Å². The van der Waals surface area contributed by atoms with E-state index in [-0.39, 0.29) is 24.9 Å². The number of allylic oxidation sites excluding steroid dienone is 3. The molecule has 6 nitrogen and oxygen atoms in total. The maximum absolute atomic E-state index is 13.7. The largest absolute Gasteiger partial charge is 0.497 e.